The quantitative estimate of drug-likeness (QED) is 0.704. The molecule has 0 amide bonds. The van der Waals surface area contributed by atoms with Gasteiger partial charge in [0.25, 0.3) is 0 Å². The van der Waals surface area contributed by atoms with Gasteiger partial charge in [-0.25, -0.2) is 0 Å². The van der Waals surface area contributed by atoms with Gasteiger partial charge < -0.3 is 4.90 Å². The van der Waals surface area contributed by atoms with Gasteiger partial charge >= 0.3 is 6.18 Å². The minimum atomic E-state index is -4.15. The molecule has 0 saturated carbocycles. The lowest BCUT2D eigenvalue weighted by molar-refractivity contribution is -0.130. The van der Waals surface area contributed by atoms with E-state index >= 15 is 0 Å². The lowest BCUT2D eigenvalue weighted by Gasteiger charge is -2.26. The molecule has 0 aromatic rings. The first-order chi connectivity index (χ1) is 5.79. The second-order valence-corrected chi connectivity index (χ2v) is 4.31. The van der Waals surface area contributed by atoms with Crippen molar-refractivity contribution in [2.24, 2.45) is 0 Å². The first-order valence-corrected chi connectivity index (χ1v) is 5.11. The van der Waals surface area contributed by atoms with Crippen molar-refractivity contribution in [1.82, 2.24) is 4.90 Å². The van der Waals surface area contributed by atoms with Crippen molar-refractivity contribution < 1.29 is 13.2 Å². The minimum absolute atomic E-state index is 0.00148. The van der Waals surface area contributed by atoms with Gasteiger partial charge in [-0.05, 0) is 20.4 Å². The molecule has 1 nitrogen and oxygen atoms in total. The van der Waals surface area contributed by atoms with Crippen LogP contribution < -0.4 is 0 Å². The van der Waals surface area contributed by atoms with E-state index in [4.69, 9.17) is 0 Å². The topological polar surface area (TPSA) is 3.24 Å². The first-order valence-electron chi connectivity index (χ1n) is 4.20. The maximum Gasteiger partial charge on any atom is 0.402 e. The van der Waals surface area contributed by atoms with Crippen LogP contribution in [0.4, 0.5) is 13.2 Å². The smallest absolute Gasteiger partial charge is 0.302 e. The van der Waals surface area contributed by atoms with Crippen LogP contribution in [0.3, 0.4) is 0 Å². The Hall–Kier alpha value is 0.230. The summed E-state index contributed by atoms with van der Waals surface area (Å²) in [4.78, 5) is 0.270. The van der Waals surface area contributed by atoms with Gasteiger partial charge in [-0.2, -0.15) is 13.2 Å². The van der Waals surface area contributed by atoms with Crippen LogP contribution in [-0.2, 0) is 0 Å². The van der Waals surface area contributed by atoms with Gasteiger partial charge in [0.2, 0.25) is 0 Å². The lowest BCUT2D eigenvalue weighted by Crippen LogP contribution is -2.39. The average molecular weight is 262 g/mol. The molecule has 0 aromatic carbocycles. The Kier molecular flexibility index (Phi) is 5.29. The molecule has 0 aliphatic heterocycles. The molecule has 2 atom stereocenters. The van der Waals surface area contributed by atoms with Crippen molar-refractivity contribution >= 4 is 15.9 Å². The molecule has 0 radical (unpaired) electrons. The predicted molar refractivity (Wildman–Crippen MR) is 51.2 cm³/mol. The Morgan fingerprint density at radius 3 is 2.15 bits per heavy atom. The third kappa shape index (κ3) is 4.86. The summed E-state index contributed by atoms with van der Waals surface area (Å²) < 4.78 is 36.3. The van der Waals surface area contributed by atoms with Gasteiger partial charge in [-0.3, -0.25) is 0 Å². The van der Waals surface area contributed by atoms with Gasteiger partial charge in [0.05, 0.1) is 0 Å². The van der Waals surface area contributed by atoms with E-state index in [1.54, 1.807) is 11.9 Å². The maximum absolute atomic E-state index is 12.1. The molecule has 0 heterocycles. The second-order valence-electron chi connectivity index (χ2n) is 3.21. The van der Waals surface area contributed by atoms with Crippen LogP contribution in [0.5, 0.6) is 0 Å². The number of halogens is 4. The van der Waals surface area contributed by atoms with Crippen LogP contribution in [-0.4, -0.2) is 35.5 Å². The fourth-order valence-electron chi connectivity index (χ4n) is 0.848. The number of hydrogen-bond acceptors (Lipinski definition) is 1. The molecule has 0 aliphatic carbocycles. The number of nitrogens with zero attached hydrogens (tertiary/aromatic N) is 1. The van der Waals surface area contributed by atoms with Gasteiger partial charge in [0, 0.05) is 12.6 Å². The van der Waals surface area contributed by atoms with Crippen LogP contribution in [0.25, 0.3) is 0 Å². The van der Waals surface area contributed by atoms with Crippen molar-refractivity contribution in [3.05, 3.63) is 0 Å². The zero-order valence-corrected chi connectivity index (χ0v) is 9.61. The van der Waals surface area contributed by atoms with Crippen molar-refractivity contribution in [2.45, 2.75) is 37.3 Å². The van der Waals surface area contributed by atoms with Crippen molar-refractivity contribution in [3.63, 3.8) is 0 Å². The van der Waals surface area contributed by atoms with E-state index in [0.717, 1.165) is 6.42 Å². The molecule has 0 saturated heterocycles. The Morgan fingerprint density at radius 2 is 1.85 bits per heavy atom. The molecule has 0 N–H and O–H groups in total. The number of alkyl halides is 4. The van der Waals surface area contributed by atoms with E-state index < -0.39 is 11.0 Å². The van der Waals surface area contributed by atoms with Crippen LogP contribution in [0.15, 0.2) is 0 Å². The van der Waals surface area contributed by atoms with Gasteiger partial charge in [0.1, 0.15) is 4.83 Å². The van der Waals surface area contributed by atoms with Gasteiger partial charge in [0.15, 0.2) is 0 Å². The summed E-state index contributed by atoms with van der Waals surface area (Å²) in [5.41, 5.74) is 0. The fraction of sp³-hybridized carbons (Fsp3) is 1.00. The summed E-state index contributed by atoms with van der Waals surface area (Å²) >= 11 is 2.63. The van der Waals surface area contributed by atoms with Crippen molar-refractivity contribution in [3.8, 4) is 0 Å². The van der Waals surface area contributed by atoms with Crippen molar-refractivity contribution in [1.29, 1.82) is 0 Å². The molecular formula is C8H15BrF3N. The van der Waals surface area contributed by atoms with Crippen LogP contribution in [0.2, 0.25) is 0 Å². The SMILES string of the molecule is CCC(C)N(C)CC(Br)C(F)(F)F. The minimum Gasteiger partial charge on any atom is -0.302 e. The van der Waals surface area contributed by atoms with Crippen LogP contribution in [0, 0.1) is 0 Å². The Labute approximate surface area is 85.4 Å². The lowest BCUT2D eigenvalue weighted by atomic mass is 10.2. The average Bonchev–Trinajstić information content (AvgIpc) is 2.01. The Morgan fingerprint density at radius 1 is 1.38 bits per heavy atom. The molecule has 0 bridgehead atoms. The maximum atomic E-state index is 12.1. The van der Waals surface area contributed by atoms with E-state index in [-0.39, 0.29) is 12.6 Å². The highest BCUT2D eigenvalue weighted by Crippen LogP contribution is 2.27. The van der Waals surface area contributed by atoms with E-state index in [1.807, 2.05) is 13.8 Å². The summed E-state index contributed by atoms with van der Waals surface area (Å²) in [6.45, 7) is 3.87. The Bertz CT molecular complexity index is 149. The zero-order valence-electron chi connectivity index (χ0n) is 8.03. The van der Waals surface area contributed by atoms with Crippen LogP contribution >= 0.6 is 15.9 Å². The number of hydrogen-bond donors (Lipinski definition) is 0. The highest BCUT2D eigenvalue weighted by molar-refractivity contribution is 9.09. The molecule has 0 rings (SSSR count). The number of rotatable bonds is 4. The fourth-order valence-corrected chi connectivity index (χ4v) is 1.30. The molecule has 2 unspecified atom stereocenters. The summed E-state index contributed by atoms with van der Waals surface area (Å²) in [6.07, 6.45) is -3.30. The van der Waals surface area contributed by atoms with E-state index in [9.17, 15) is 13.2 Å². The van der Waals surface area contributed by atoms with E-state index in [1.165, 1.54) is 0 Å². The predicted octanol–water partition coefficient (Wildman–Crippen LogP) is 3.04. The first kappa shape index (κ1) is 13.2. The largest absolute Gasteiger partial charge is 0.402 e. The van der Waals surface area contributed by atoms with Crippen LogP contribution in [0.1, 0.15) is 20.3 Å². The standard InChI is InChI=1S/C8H15BrF3N/c1-4-6(2)13(3)5-7(9)8(10,11)12/h6-7H,4-5H2,1-3H3. The van der Waals surface area contributed by atoms with Gasteiger partial charge in [-0.1, -0.05) is 22.9 Å². The molecule has 0 aliphatic rings. The highest BCUT2D eigenvalue weighted by atomic mass is 79.9. The molecule has 0 spiro atoms. The summed E-state index contributed by atoms with van der Waals surface area (Å²) in [7, 11) is 1.70. The molecule has 5 heteroatoms. The summed E-state index contributed by atoms with van der Waals surface area (Å²) in [5.74, 6) is 0. The van der Waals surface area contributed by atoms with E-state index in [2.05, 4.69) is 15.9 Å². The molecule has 80 valence electrons. The highest BCUT2D eigenvalue weighted by Gasteiger charge is 2.38. The monoisotopic (exact) mass is 261 g/mol. The summed E-state index contributed by atoms with van der Waals surface area (Å²) in [5, 5.41) is 0. The second kappa shape index (κ2) is 5.20. The van der Waals surface area contributed by atoms with E-state index in [0.29, 0.717) is 0 Å². The normalized spacial score (nSPS) is 17.5. The van der Waals surface area contributed by atoms with Crippen molar-refractivity contribution in [2.75, 3.05) is 13.6 Å². The summed E-state index contributed by atoms with van der Waals surface area (Å²) in [6, 6.07) is 0.183. The zero-order chi connectivity index (χ0) is 10.6. The molecule has 0 aromatic heterocycles. The van der Waals surface area contributed by atoms with Gasteiger partial charge in [-0.15, -0.1) is 0 Å². The molecule has 0 fully saturated rings. The molecular weight excluding hydrogens is 247 g/mol. The molecule has 13 heavy (non-hydrogen) atoms. The Balaban J connectivity index is 3.98. The third-order valence-corrected chi connectivity index (χ3v) is 2.96. The third-order valence-electron chi connectivity index (χ3n) is 2.15.